The first kappa shape index (κ1) is 10.3. The molecule has 0 saturated carbocycles. The first-order chi connectivity index (χ1) is 7.66. The maximum atomic E-state index is 13.3. The lowest BCUT2D eigenvalue weighted by Crippen LogP contribution is -1.96. The average Bonchev–Trinajstić information content (AvgIpc) is 2.27. The highest BCUT2D eigenvalue weighted by molar-refractivity contribution is 5.45. The Morgan fingerprint density at radius 2 is 2.00 bits per heavy atom. The van der Waals surface area contributed by atoms with E-state index in [4.69, 9.17) is 10.5 Å². The Labute approximate surface area is 89.7 Å². The second-order valence-electron chi connectivity index (χ2n) is 2.95. The van der Waals surface area contributed by atoms with E-state index in [-0.39, 0.29) is 17.3 Å². The third kappa shape index (κ3) is 2.05. The average molecular weight is 223 g/mol. The highest BCUT2D eigenvalue weighted by Gasteiger charge is 2.10. The van der Waals surface area contributed by atoms with Crippen LogP contribution in [0.1, 0.15) is 0 Å². The maximum Gasteiger partial charge on any atom is 0.222 e. The molecule has 0 atom stereocenters. The van der Waals surface area contributed by atoms with Gasteiger partial charge in [0.15, 0.2) is 11.6 Å². The van der Waals surface area contributed by atoms with E-state index in [0.717, 1.165) is 12.1 Å². The summed E-state index contributed by atoms with van der Waals surface area (Å²) in [4.78, 5) is 7.38. The van der Waals surface area contributed by atoms with Crippen molar-refractivity contribution in [2.24, 2.45) is 0 Å². The summed E-state index contributed by atoms with van der Waals surface area (Å²) in [6.07, 6.45) is 2.66. The van der Waals surface area contributed by atoms with Crippen molar-refractivity contribution in [1.82, 2.24) is 9.97 Å². The maximum absolute atomic E-state index is 13.3. The summed E-state index contributed by atoms with van der Waals surface area (Å²) in [5.74, 6) is -1.65. The topological polar surface area (TPSA) is 61.0 Å². The SMILES string of the molecule is Nc1cc(F)c(Oc2ccncn2)cc1F. The highest BCUT2D eigenvalue weighted by Crippen LogP contribution is 2.26. The van der Waals surface area contributed by atoms with Gasteiger partial charge in [-0.3, -0.25) is 0 Å². The summed E-state index contributed by atoms with van der Waals surface area (Å²) < 4.78 is 31.4. The molecule has 0 saturated heterocycles. The van der Waals surface area contributed by atoms with Crippen LogP contribution in [0.3, 0.4) is 0 Å². The molecule has 82 valence electrons. The van der Waals surface area contributed by atoms with E-state index >= 15 is 0 Å². The summed E-state index contributed by atoms with van der Waals surface area (Å²) in [5, 5.41) is 0. The molecule has 0 fully saturated rings. The molecule has 0 aliphatic heterocycles. The van der Waals surface area contributed by atoms with Gasteiger partial charge in [0, 0.05) is 24.4 Å². The molecule has 0 aliphatic rings. The molecule has 0 aliphatic carbocycles. The van der Waals surface area contributed by atoms with Crippen molar-refractivity contribution in [3.63, 3.8) is 0 Å². The molecule has 2 rings (SSSR count). The van der Waals surface area contributed by atoms with Crippen LogP contribution < -0.4 is 10.5 Å². The van der Waals surface area contributed by atoms with Gasteiger partial charge in [-0.25, -0.2) is 18.7 Å². The Morgan fingerprint density at radius 3 is 2.69 bits per heavy atom. The lowest BCUT2D eigenvalue weighted by atomic mass is 10.3. The molecule has 4 nitrogen and oxygen atoms in total. The third-order valence-corrected chi connectivity index (χ3v) is 1.82. The van der Waals surface area contributed by atoms with E-state index in [1.807, 2.05) is 0 Å². The number of nitrogens with zero attached hydrogens (tertiary/aromatic N) is 2. The van der Waals surface area contributed by atoms with Crippen molar-refractivity contribution < 1.29 is 13.5 Å². The number of nitrogen functional groups attached to an aromatic ring is 1. The minimum Gasteiger partial charge on any atom is -0.436 e. The molecular weight excluding hydrogens is 216 g/mol. The minimum absolute atomic E-state index is 0.123. The van der Waals surface area contributed by atoms with E-state index in [1.165, 1.54) is 18.6 Å². The second-order valence-corrected chi connectivity index (χ2v) is 2.95. The Morgan fingerprint density at radius 1 is 1.19 bits per heavy atom. The van der Waals surface area contributed by atoms with E-state index in [0.29, 0.717) is 0 Å². The fourth-order valence-electron chi connectivity index (χ4n) is 1.07. The van der Waals surface area contributed by atoms with Gasteiger partial charge in [-0.1, -0.05) is 0 Å². The molecule has 1 heterocycles. The molecule has 16 heavy (non-hydrogen) atoms. The Balaban J connectivity index is 2.32. The number of benzene rings is 1. The predicted octanol–water partition coefficient (Wildman–Crippen LogP) is 2.13. The number of ether oxygens (including phenoxy) is 1. The zero-order valence-electron chi connectivity index (χ0n) is 8.02. The summed E-state index contributed by atoms with van der Waals surface area (Å²) >= 11 is 0. The minimum atomic E-state index is -0.752. The molecule has 0 radical (unpaired) electrons. The normalized spacial score (nSPS) is 10.1. The van der Waals surface area contributed by atoms with E-state index in [2.05, 4.69) is 9.97 Å². The van der Waals surface area contributed by atoms with Gasteiger partial charge in [-0.05, 0) is 0 Å². The van der Waals surface area contributed by atoms with Crippen molar-refractivity contribution in [3.05, 3.63) is 42.4 Å². The lowest BCUT2D eigenvalue weighted by Gasteiger charge is -2.06. The fraction of sp³-hybridized carbons (Fsp3) is 0. The van der Waals surface area contributed by atoms with Crippen molar-refractivity contribution in [1.29, 1.82) is 0 Å². The first-order valence-corrected chi connectivity index (χ1v) is 4.35. The Hall–Kier alpha value is -2.24. The van der Waals surface area contributed by atoms with Crippen LogP contribution >= 0.6 is 0 Å². The van der Waals surface area contributed by atoms with Crippen LogP contribution in [0.15, 0.2) is 30.7 Å². The van der Waals surface area contributed by atoms with Crippen molar-refractivity contribution in [3.8, 4) is 11.6 Å². The number of rotatable bonds is 2. The van der Waals surface area contributed by atoms with Crippen LogP contribution in [-0.4, -0.2) is 9.97 Å². The first-order valence-electron chi connectivity index (χ1n) is 4.35. The van der Waals surface area contributed by atoms with Gasteiger partial charge in [0.2, 0.25) is 5.88 Å². The van der Waals surface area contributed by atoms with Crippen LogP contribution in [0.4, 0.5) is 14.5 Å². The fourth-order valence-corrected chi connectivity index (χ4v) is 1.07. The van der Waals surface area contributed by atoms with Gasteiger partial charge in [-0.15, -0.1) is 0 Å². The predicted molar refractivity (Wildman–Crippen MR) is 52.9 cm³/mol. The van der Waals surface area contributed by atoms with E-state index in [1.54, 1.807) is 0 Å². The standard InChI is InChI=1S/C10H7F2N3O/c11-6-4-9(7(12)3-8(6)13)16-10-1-2-14-5-15-10/h1-5H,13H2. The number of hydrogen-bond donors (Lipinski definition) is 1. The molecule has 0 spiro atoms. The molecule has 6 heteroatoms. The van der Waals surface area contributed by atoms with Gasteiger partial charge in [0.25, 0.3) is 0 Å². The largest absolute Gasteiger partial charge is 0.436 e. The van der Waals surface area contributed by atoms with Gasteiger partial charge in [0.1, 0.15) is 12.1 Å². The Kier molecular flexibility index (Phi) is 2.63. The van der Waals surface area contributed by atoms with Crippen LogP contribution in [-0.2, 0) is 0 Å². The van der Waals surface area contributed by atoms with E-state index < -0.39 is 11.6 Å². The van der Waals surface area contributed by atoms with Crippen molar-refractivity contribution >= 4 is 5.69 Å². The third-order valence-electron chi connectivity index (χ3n) is 1.82. The van der Waals surface area contributed by atoms with Gasteiger partial charge >= 0.3 is 0 Å². The summed E-state index contributed by atoms with van der Waals surface area (Å²) in [6.45, 7) is 0. The smallest absolute Gasteiger partial charge is 0.222 e. The Bertz CT molecular complexity index is 505. The molecule has 1 aromatic heterocycles. The number of aromatic nitrogens is 2. The molecular formula is C10H7F2N3O. The van der Waals surface area contributed by atoms with Crippen LogP contribution in [0.25, 0.3) is 0 Å². The second kappa shape index (κ2) is 4.09. The van der Waals surface area contributed by atoms with Gasteiger partial charge in [0.05, 0.1) is 5.69 Å². The quantitative estimate of drug-likeness (QED) is 0.792. The molecule has 0 bridgehead atoms. The van der Waals surface area contributed by atoms with Crippen molar-refractivity contribution in [2.45, 2.75) is 0 Å². The van der Waals surface area contributed by atoms with Crippen LogP contribution in [0.5, 0.6) is 11.6 Å². The van der Waals surface area contributed by atoms with E-state index in [9.17, 15) is 8.78 Å². The molecule has 2 aromatic rings. The van der Waals surface area contributed by atoms with Gasteiger partial charge < -0.3 is 10.5 Å². The number of anilines is 1. The van der Waals surface area contributed by atoms with Crippen LogP contribution in [0.2, 0.25) is 0 Å². The number of halogens is 2. The molecule has 2 N–H and O–H groups in total. The molecule has 1 aromatic carbocycles. The molecule has 0 amide bonds. The zero-order valence-corrected chi connectivity index (χ0v) is 8.02. The van der Waals surface area contributed by atoms with Gasteiger partial charge in [-0.2, -0.15) is 0 Å². The monoisotopic (exact) mass is 223 g/mol. The number of hydrogen-bond acceptors (Lipinski definition) is 4. The van der Waals surface area contributed by atoms with Crippen LogP contribution in [0, 0.1) is 11.6 Å². The summed E-state index contributed by atoms with van der Waals surface area (Å²) in [7, 11) is 0. The zero-order chi connectivity index (χ0) is 11.5. The molecule has 0 unspecified atom stereocenters. The lowest BCUT2D eigenvalue weighted by molar-refractivity contribution is 0.422. The summed E-state index contributed by atoms with van der Waals surface area (Å²) in [5.41, 5.74) is 4.92. The summed E-state index contributed by atoms with van der Waals surface area (Å²) in [6, 6.07) is 3.15. The van der Waals surface area contributed by atoms with Crippen molar-refractivity contribution in [2.75, 3.05) is 5.73 Å². The highest BCUT2D eigenvalue weighted by atomic mass is 19.1. The number of nitrogens with two attached hydrogens (primary N) is 1.